The second-order valence-electron chi connectivity index (χ2n) is 3.31. The molecule has 0 amide bonds. The molecule has 0 unspecified atom stereocenters. The molecule has 18 heavy (non-hydrogen) atoms. The van der Waals surface area contributed by atoms with Gasteiger partial charge in [0.05, 0.1) is 0 Å². The highest BCUT2D eigenvalue weighted by Gasteiger charge is 2.02. The van der Waals surface area contributed by atoms with E-state index in [1.807, 2.05) is 54.8 Å². The van der Waals surface area contributed by atoms with Gasteiger partial charge >= 0.3 is 0 Å². The monoisotopic (exact) mass is 250 g/mol. The van der Waals surface area contributed by atoms with Crippen molar-refractivity contribution in [3.05, 3.63) is 29.6 Å². The van der Waals surface area contributed by atoms with E-state index in [2.05, 4.69) is 35.7 Å². The summed E-state index contributed by atoms with van der Waals surface area (Å²) >= 11 is 0. The summed E-state index contributed by atoms with van der Waals surface area (Å²) in [5.41, 5.74) is 3.58. The van der Waals surface area contributed by atoms with Crippen molar-refractivity contribution in [1.29, 1.82) is 0 Å². The Morgan fingerprint density at radius 2 is 1.44 bits per heavy atom. The molecular weight excluding hydrogens is 220 g/mol. The van der Waals surface area contributed by atoms with Crippen molar-refractivity contribution in [3.63, 3.8) is 0 Å². The topological polar surface area (TPSA) is 17.8 Å². The van der Waals surface area contributed by atoms with E-state index in [-0.39, 0.29) is 0 Å². The largest absolute Gasteiger partial charge is 0.335 e. The van der Waals surface area contributed by atoms with Gasteiger partial charge in [-0.15, -0.1) is 0 Å². The van der Waals surface area contributed by atoms with Crippen molar-refractivity contribution < 1.29 is 0 Å². The predicted octanol–water partition coefficient (Wildman–Crippen LogP) is 5.27. The summed E-state index contributed by atoms with van der Waals surface area (Å²) in [5, 5.41) is 1.26. The van der Waals surface area contributed by atoms with E-state index in [0.29, 0.717) is 0 Å². The highest BCUT2D eigenvalue weighted by Crippen LogP contribution is 2.18. The first-order valence-corrected chi connectivity index (χ1v) is 7.07. The van der Waals surface area contributed by atoms with Gasteiger partial charge in [-0.1, -0.05) is 41.5 Å². The fourth-order valence-corrected chi connectivity index (χ4v) is 1.55. The van der Waals surface area contributed by atoms with Crippen LogP contribution in [0.5, 0.6) is 0 Å². The maximum atomic E-state index is 4.36. The van der Waals surface area contributed by atoms with Crippen LogP contribution in [0.4, 0.5) is 0 Å². The van der Waals surface area contributed by atoms with Crippen LogP contribution < -0.4 is 0 Å². The fraction of sp³-hybridized carbons (Fsp3) is 0.562. The summed E-state index contributed by atoms with van der Waals surface area (Å²) in [6.07, 6.45) is 4.01. The maximum Gasteiger partial charge on any atom is 0.139 e. The normalized spacial score (nSPS) is 8.28. The number of aryl methyl sites for hydroxylation is 3. The van der Waals surface area contributed by atoms with Gasteiger partial charge in [-0.25, -0.2) is 4.98 Å². The third-order valence-electron chi connectivity index (χ3n) is 2.15. The number of rotatable bonds is 0. The molecule has 0 saturated carbocycles. The molecule has 0 N–H and O–H groups in total. The van der Waals surface area contributed by atoms with E-state index in [1.165, 1.54) is 16.5 Å². The number of pyridine rings is 1. The second-order valence-corrected chi connectivity index (χ2v) is 3.31. The first-order valence-electron chi connectivity index (χ1n) is 7.07. The van der Waals surface area contributed by atoms with E-state index < -0.39 is 0 Å². The summed E-state index contributed by atoms with van der Waals surface area (Å²) in [7, 11) is 2.03. The summed E-state index contributed by atoms with van der Waals surface area (Å²) in [5.74, 6) is 0. The van der Waals surface area contributed by atoms with E-state index >= 15 is 0 Å². The summed E-state index contributed by atoms with van der Waals surface area (Å²) in [6, 6.07) is 2.18. The molecule has 0 bridgehead atoms. The highest BCUT2D eigenvalue weighted by molar-refractivity contribution is 5.80. The lowest BCUT2D eigenvalue weighted by Crippen LogP contribution is -1.87. The van der Waals surface area contributed by atoms with Crippen molar-refractivity contribution in [3.8, 4) is 0 Å². The SMILES string of the molecule is CC.CC.CC.Cc1cnc2c(c1)c(C)cn2C. The molecule has 2 aromatic heterocycles. The molecule has 104 valence electrons. The molecule has 0 aliphatic rings. The second kappa shape index (κ2) is 10.8. The Morgan fingerprint density at radius 1 is 0.944 bits per heavy atom. The van der Waals surface area contributed by atoms with Gasteiger partial charge in [0.15, 0.2) is 0 Å². The third kappa shape index (κ3) is 4.91. The highest BCUT2D eigenvalue weighted by atomic mass is 15.0. The van der Waals surface area contributed by atoms with Gasteiger partial charge in [0.2, 0.25) is 0 Å². The lowest BCUT2D eigenvalue weighted by molar-refractivity contribution is 0.943. The Kier molecular flexibility index (Phi) is 11.4. The molecular formula is C16H30N2. The van der Waals surface area contributed by atoms with Gasteiger partial charge in [0, 0.05) is 24.8 Å². The molecule has 2 aromatic rings. The average molecular weight is 250 g/mol. The van der Waals surface area contributed by atoms with E-state index in [0.717, 1.165) is 5.65 Å². The van der Waals surface area contributed by atoms with E-state index in [4.69, 9.17) is 0 Å². The number of aromatic nitrogens is 2. The molecule has 0 atom stereocenters. The van der Waals surface area contributed by atoms with Crippen molar-refractivity contribution in [2.45, 2.75) is 55.4 Å². The molecule has 2 rings (SSSR count). The van der Waals surface area contributed by atoms with Crippen LogP contribution in [-0.2, 0) is 7.05 Å². The Morgan fingerprint density at radius 3 is 1.94 bits per heavy atom. The van der Waals surface area contributed by atoms with Crippen molar-refractivity contribution in [2.24, 2.45) is 7.05 Å². The molecule has 0 fully saturated rings. The number of hydrogen-bond acceptors (Lipinski definition) is 1. The van der Waals surface area contributed by atoms with Crippen LogP contribution in [0.3, 0.4) is 0 Å². The van der Waals surface area contributed by atoms with Crippen LogP contribution >= 0.6 is 0 Å². The van der Waals surface area contributed by atoms with E-state index in [1.54, 1.807) is 0 Å². The van der Waals surface area contributed by atoms with Crippen molar-refractivity contribution >= 4 is 11.0 Å². The lowest BCUT2D eigenvalue weighted by atomic mass is 10.2. The number of fused-ring (bicyclic) bond motifs is 1. The number of nitrogens with zero attached hydrogens (tertiary/aromatic N) is 2. The molecule has 0 aliphatic carbocycles. The zero-order valence-electron chi connectivity index (χ0n) is 13.6. The molecule has 0 aliphatic heterocycles. The minimum atomic E-state index is 1.07. The number of hydrogen-bond donors (Lipinski definition) is 0. The predicted molar refractivity (Wildman–Crippen MR) is 84.2 cm³/mol. The Balaban J connectivity index is 0. The summed E-state index contributed by atoms with van der Waals surface area (Å²) in [6.45, 7) is 16.2. The summed E-state index contributed by atoms with van der Waals surface area (Å²) in [4.78, 5) is 4.36. The molecule has 0 aromatic carbocycles. The van der Waals surface area contributed by atoms with Crippen molar-refractivity contribution in [2.75, 3.05) is 0 Å². The minimum Gasteiger partial charge on any atom is -0.335 e. The fourth-order valence-electron chi connectivity index (χ4n) is 1.55. The van der Waals surface area contributed by atoms with Gasteiger partial charge in [-0.2, -0.15) is 0 Å². The smallest absolute Gasteiger partial charge is 0.139 e. The molecule has 2 heteroatoms. The zero-order valence-corrected chi connectivity index (χ0v) is 13.6. The van der Waals surface area contributed by atoms with E-state index in [9.17, 15) is 0 Å². The molecule has 0 saturated heterocycles. The molecule has 2 heterocycles. The molecule has 0 radical (unpaired) electrons. The first kappa shape index (κ1) is 19.0. The van der Waals surface area contributed by atoms with Crippen LogP contribution in [-0.4, -0.2) is 9.55 Å². The standard InChI is InChI=1S/C10H12N2.3C2H6/c1-7-4-9-8(2)6-12(3)10(9)11-5-7;3*1-2/h4-6H,1-3H3;3*1-2H3. The third-order valence-corrected chi connectivity index (χ3v) is 2.15. The molecule has 2 nitrogen and oxygen atoms in total. The quantitative estimate of drug-likeness (QED) is 0.623. The summed E-state index contributed by atoms with van der Waals surface area (Å²) < 4.78 is 2.06. The van der Waals surface area contributed by atoms with Gasteiger partial charge in [-0.05, 0) is 31.0 Å². The van der Waals surface area contributed by atoms with Crippen LogP contribution in [0.2, 0.25) is 0 Å². The van der Waals surface area contributed by atoms with Crippen molar-refractivity contribution in [1.82, 2.24) is 9.55 Å². The van der Waals surface area contributed by atoms with Crippen LogP contribution in [0, 0.1) is 13.8 Å². The van der Waals surface area contributed by atoms with Gasteiger partial charge in [-0.3, -0.25) is 0 Å². The van der Waals surface area contributed by atoms with Gasteiger partial charge < -0.3 is 4.57 Å². The maximum absolute atomic E-state index is 4.36. The van der Waals surface area contributed by atoms with Gasteiger partial charge in [0.1, 0.15) is 5.65 Å². The zero-order chi connectivity index (χ0) is 14.7. The Bertz CT molecular complexity index is 428. The molecule has 0 spiro atoms. The van der Waals surface area contributed by atoms with Crippen LogP contribution in [0.15, 0.2) is 18.5 Å². The minimum absolute atomic E-state index is 1.07. The van der Waals surface area contributed by atoms with Crippen LogP contribution in [0.25, 0.3) is 11.0 Å². The Labute approximate surface area is 113 Å². The van der Waals surface area contributed by atoms with Gasteiger partial charge in [0.25, 0.3) is 0 Å². The first-order chi connectivity index (χ1) is 8.68. The lowest BCUT2D eigenvalue weighted by Gasteiger charge is -1.95. The van der Waals surface area contributed by atoms with Crippen LogP contribution in [0.1, 0.15) is 52.7 Å². The average Bonchev–Trinajstić information content (AvgIpc) is 2.71. The Hall–Kier alpha value is -1.31.